The van der Waals surface area contributed by atoms with Gasteiger partial charge in [0, 0.05) is 19.2 Å². The second kappa shape index (κ2) is 7.71. The SMILES string of the molecule is CCCCCN(CCC(=O)O)c1ccc(F)cc1F. The fraction of sp³-hybridized carbons (Fsp3) is 0.500. The molecule has 1 aromatic rings. The number of unbranched alkanes of at least 4 members (excludes halogenated alkanes) is 2. The van der Waals surface area contributed by atoms with Gasteiger partial charge in [0.2, 0.25) is 0 Å². The van der Waals surface area contributed by atoms with Crippen LogP contribution in [0.2, 0.25) is 0 Å². The average molecular weight is 271 g/mol. The van der Waals surface area contributed by atoms with Crippen molar-refractivity contribution in [3.05, 3.63) is 29.8 Å². The Morgan fingerprint density at radius 3 is 2.58 bits per heavy atom. The summed E-state index contributed by atoms with van der Waals surface area (Å²) in [4.78, 5) is 12.3. The first kappa shape index (κ1) is 15.4. The lowest BCUT2D eigenvalue weighted by atomic mass is 10.2. The Morgan fingerprint density at radius 1 is 1.26 bits per heavy atom. The van der Waals surface area contributed by atoms with Crippen molar-refractivity contribution in [1.82, 2.24) is 0 Å². The molecule has 0 heterocycles. The minimum atomic E-state index is -0.928. The van der Waals surface area contributed by atoms with Crippen LogP contribution in [-0.2, 0) is 4.79 Å². The van der Waals surface area contributed by atoms with Crippen molar-refractivity contribution < 1.29 is 18.7 Å². The highest BCUT2D eigenvalue weighted by atomic mass is 19.1. The van der Waals surface area contributed by atoms with E-state index in [9.17, 15) is 13.6 Å². The van der Waals surface area contributed by atoms with Crippen LogP contribution in [0.3, 0.4) is 0 Å². The molecule has 106 valence electrons. The molecule has 1 rings (SSSR count). The normalized spacial score (nSPS) is 10.5. The minimum Gasteiger partial charge on any atom is -0.481 e. The lowest BCUT2D eigenvalue weighted by Gasteiger charge is -2.24. The molecule has 0 radical (unpaired) electrons. The molecule has 0 bridgehead atoms. The van der Waals surface area contributed by atoms with Gasteiger partial charge in [0.25, 0.3) is 0 Å². The minimum absolute atomic E-state index is 0.0665. The first-order valence-electron chi connectivity index (χ1n) is 6.46. The Labute approximate surface area is 111 Å². The van der Waals surface area contributed by atoms with Crippen molar-refractivity contribution in [2.45, 2.75) is 32.6 Å². The smallest absolute Gasteiger partial charge is 0.305 e. The van der Waals surface area contributed by atoms with E-state index < -0.39 is 17.6 Å². The Kier molecular flexibility index (Phi) is 6.25. The zero-order valence-corrected chi connectivity index (χ0v) is 11.0. The molecule has 0 aliphatic heterocycles. The molecule has 0 saturated carbocycles. The summed E-state index contributed by atoms with van der Waals surface area (Å²) >= 11 is 0. The highest BCUT2D eigenvalue weighted by Gasteiger charge is 2.13. The quantitative estimate of drug-likeness (QED) is 0.736. The Bertz CT molecular complexity index is 424. The molecular weight excluding hydrogens is 252 g/mol. The first-order valence-corrected chi connectivity index (χ1v) is 6.46. The van der Waals surface area contributed by atoms with E-state index in [1.807, 2.05) is 0 Å². The number of benzene rings is 1. The summed E-state index contributed by atoms with van der Waals surface area (Å²) in [5, 5.41) is 8.71. The third kappa shape index (κ3) is 5.24. The zero-order chi connectivity index (χ0) is 14.3. The monoisotopic (exact) mass is 271 g/mol. The van der Waals surface area contributed by atoms with Crippen molar-refractivity contribution in [3.8, 4) is 0 Å². The van der Waals surface area contributed by atoms with E-state index in [0.29, 0.717) is 6.54 Å². The number of anilines is 1. The van der Waals surface area contributed by atoms with E-state index in [2.05, 4.69) is 6.92 Å². The van der Waals surface area contributed by atoms with Crippen LogP contribution in [0.1, 0.15) is 32.6 Å². The number of hydrogen-bond donors (Lipinski definition) is 1. The number of hydrogen-bond acceptors (Lipinski definition) is 2. The predicted molar refractivity (Wildman–Crippen MR) is 70.3 cm³/mol. The second-order valence-electron chi connectivity index (χ2n) is 4.43. The van der Waals surface area contributed by atoms with E-state index in [4.69, 9.17) is 5.11 Å². The highest BCUT2D eigenvalue weighted by Crippen LogP contribution is 2.21. The third-order valence-electron chi connectivity index (χ3n) is 2.88. The van der Waals surface area contributed by atoms with E-state index in [0.717, 1.165) is 25.3 Å². The molecule has 0 aliphatic carbocycles. The molecule has 5 heteroatoms. The molecule has 0 spiro atoms. The summed E-state index contributed by atoms with van der Waals surface area (Å²) in [6.45, 7) is 2.85. The summed E-state index contributed by atoms with van der Waals surface area (Å²) < 4.78 is 26.6. The van der Waals surface area contributed by atoms with Crippen LogP contribution in [0.15, 0.2) is 18.2 Å². The van der Waals surface area contributed by atoms with E-state index >= 15 is 0 Å². The number of halogens is 2. The van der Waals surface area contributed by atoms with E-state index in [-0.39, 0.29) is 18.7 Å². The third-order valence-corrected chi connectivity index (χ3v) is 2.88. The molecule has 0 saturated heterocycles. The molecule has 0 atom stereocenters. The van der Waals surface area contributed by atoms with Crippen LogP contribution in [0, 0.1) is 11.6 Å². The molecule has 0 fully saturated rings. The molecule has 1 aromatic carbocycles. The van der Waals surface area contributed by atoms with Crippen LogP contribution in [-0.4, -0.2) is 24.2 Å². The standard InChI is InChI=1S/C14H19F2NO2/c1-2-3-4-8-17(9-7-14(18)19)13-6-5-11(15)10-12(13)16/h5-6,10H,2-4,7-9H2,1H3,(H,18,19). The lowest BCUT2D eigenvalue weighted by Crippen LogP contribution is -2.28. The molecule has 0 amide bonds. The van der Waals surface area contributed by atoms with Gasteiger partial charge in [0.05, 0.1) is 12.1 Å². The summed E-state index contributed by atoms with van der Waals surface area (Å²) in [5.74, 6) is -2.21. The van der Waals surface area contributed by atoms with Crippen molar-refractivity contribution in [2.24, 2.45) is 0 Å². The molecule has 19 heavy (non-hydrogen) atoms. The van der Waals surface area contributed by atoms with Gasteiger partial charge in [-0.15, -0.1) is 0 Å². The molecular formula is C14H19F2NO2. The fourth-order valence-corrected chi connectivity index (χ4v) is 1.87. The van der Waals surface area contributed by atoms with Gasteiger partial charge in [-0.25, -0.2) is 8.78 Å². The summed E-state index contributed by atoms with van der Waals surface area (Å²) in [6.07, 6.45) is 2.81. The fourth-order valence-electron chi connectivity index (χ4n) is 1.87. The van der Waals surface area contributed by atoms with E-state index in [1.54, 1.807) is 4.90 Å². The predicted octanol–water partition coefficient (Wildman–Crippen LogP) is 3.44. The maximum absolute atomic E-state index is 13.7. The summed E-state index contributed by atoms with van der Waals surface area (Å²) in [5.41, 5.74) is 0.263. The van der Waals surface area contributed by atoms with Gasteiger partial charge in [-0.3, -0.25) is 4.79 Å². The van der Waals surface area contributed by atoms with Gasteiger partial charge < -0.3 is 10.0 Å². The number of carboxylic acids is 1. The van der Waals surface area contributed by atoms with Gasteiger partial charge in [0.15, 0.2) is 0 Å². The Hall–Kier alpha value is -1.65. The zero-order valence-electron chi connectivity index (χ0n) is 11.0. The summed E-state index contributed by atoms with van der Waals surface area (Å²) in [6, 6.07) is 3.37. The first-order chi connectivity index (χ1) is 9.04. The number of rotatable bonds is 8. The highest BCUT2D eigenvalue weighted by molar-refractivity contribution is 5.67. The Morgan fingerprint density at radius 2 is 2.00 bits per heavy atom. The molecule has 0 unspecified atom stereocenters. The van der Waals surface area contributed by atoms with Crippen LogP contribution in [0.5, 0.6) is 0 Å². The average Bonchev–Trinajstić information content (AvgIpc) is 2.34. The van der Waals surface area contributed by atoms with Crippen molar-refractivity contribution in [1.29, 1.82) is 0 Å². The van der Waals surface area contributed by atoms with Gasteiger partial charge in [-0.1, -0.05) is 19.8 Å². The summed E-state index contributed by atoms with van der Waals surface area (Å²) in [7, 11) is 0. The van der Waals surface area contributed by atoms with Crippen LogP contribution >= 0.6 is 0 Å². The van der Waals surface area contributed by atoms with Crippen molar-refractivity contribution in [2.75, 3.05) is 18.0 Å². The largest absolute Gasteiger partial charge is 0.481 e. The Balaban J connectivity index is 2.77. The molecule has 1 N–H and O–H groups in total. The lowest BCUT2D eigenvalue weighted by molar-refractivity contribution is -0.136. The van der Waals surface area contributed by atoms with Gasteiger partial charge >= 0.3 is 5.97 Å². The maximum Gasteiger partial charge on any atom is 0.305 e. The topological polar surface area (TPSA) is 40.5 Å². The van der Waals surface area contributed by atoms with Crippen LogP contribution < -0.4 is 4.90 Å². The molecule has 0 aliphatic rings. The number of nitrogens with zero attached hydrogens (tertiary/aromatic N) is 1. The number of aliphatic carboxylic acids is 1. The number of carbonyl (C=O) groups is 1. The van der Waals surface area contributed by atoms with Crippen molar-refractivity contribution in [3.63, 3.8) is 0 Å². The van der Waals surface area contributed by atoms with E-state index in [1.165, 1.54) is 12.1 Å². The van der Waals surface area contributed by atoms with Crippen LogP contribution in [0.4, 0.5) is 14.5 Å². The maximum atomic E-state index is 13.7. The van der Waals surface area contributed by atoms with Gasteiger partial charge in [-0.05, 0) is 18.6 Å². The van der Waals surface area contributed by atoms with Gasteiger partial charge in [0.1, 0.15) is 11.6 Å². The van der Waals surface area contributed by atoms with Crippen LogP contribution in [0.25, 0.3) is 0 Å². The molecule has 0 aromatic heterocycles. The van der Waals surface area contributed by atoms with Gasteiger partial charge in [-0.2, -0.15) is 0 Å². The second-order valence-corrected chi connectivity index (χ2v) is 4.43. The van der Waals surface area contributed by atoms with Crippen molar-refractivity contribution >= 4 is 11.7 Å². The number of carboxylic acid groups (broad SMARTS) is 1. The molecule has 3 nitrogen and oxygen atoms in total.